The first-order chi connectivity index (χ1) is 38.4. The van der Waals surface area contributed by atoms with Crippen molar-refractivity contribution in [3.8, 4) is 57.5 Å². The first-order valence-corrected chi connectivity index (χ1v) is 26.8. The third-order valence-electron chi connectivity index (χ3n) is 15.5. The molecule has 2 aliphatic heterocycles. The summed E-state index contributed by atoms with van der Waals surface area (Å²) in [5.41, 5.74) is 5.86. The lowest BCUT2D eigenvalue weighted by atomic mass is 9.85. The molecule has 0 N–H and O–H groups in total. The number of hydrogen-bond donors (Lipinski definition) is 0. The molecule has 0 radical (unpaired) electrons. The molecule has 2 heterocycles. The minimum absolute atomic E-state index is 0.0796. The van der Waals surface area contributed by atoms with Crippen LogP contribution in [0.3, 0.4) is 0 Å². The standard InChI is InChI=1S/C60H82N2O18/c1-37(63)79-54(35-61(3)23-21-40-31-48(68-6)50(70-8)33-43(40)45(61)27-39-28-52(72-10)57(75-13)53(29-39)73-11)59(65)77-25-17-15-16-18-26-78-60(66)55(80-38(2)64)36-62(4)24-22-41-32-49(69-7)51(71-9)34-44(41)46(62)30-42-19-20-47(67-5)58(76-14)56(42)74-12/h19-20,28-29,31-34,45-46,54-55H,15-18,21-27,30,35-36H2,1-14H3/q+2. The van der Waals surface area contributed by atoms with Crippen molar-refractivity contribution in [2.24, 2.45) is 0 Å². The van der Waals surface area contributed by atoms with Gasteiger partial charge in [-0.1, -0.05) is 6.07 Å². The Morgan fingerprint density at radius 2 is 0.863 bits per heavy atom. The lowest BCUT2D eigenvalue weighted by Gasteiger charge is -2.47. The van der Waals surface area contributed by atoms with Gasteiger partial charge in [-0.2, -0.15) is 0 Å². The van der Waals surface area contributed by atoms with Gasteiger partial charge in [-0.15, -0.1) is 0 Å². The number of fused-ring (bicyclic) bond motifs is 2. The van der Waals surface area contributed by atoms with E-state index in [2.05, 4.69) is 0 Å². The summed E-state index contributed by atoms with van der Waals surface area (Å²) in [5, 5.41) is 0. The molecular weight excluding hydrogens is 1040 g/mol. The van der Waals surface area contributed by atoms with Crippen LogP contribution in [-0.4, -0.2) is 170 Å². The van der Waals surface area contributed by atoms with E-state index in [0.29, 0.717) is 131 Å². The predicted molar refractivity (Wildman–Crippen MR) is 295 cm³/mol. The van der Waals surface area contributed by atoms with Crippen molar-refractivity contribution < 1.29 is 94.5 Å². The number of quaternary nitrogens is 2. The summed E-state index contributed by atoms with van der Waals surface area (Å²) < 4.78 is 80.8. The predicted octanol–water partition coefficient (Wildman–Crippen LogP) is 7.56. The van der Waals surface area contributed by atoms with E-state index in [-0.39, 0.29) is 38.4 Å². The smallest absolute Gasteiger partial charge is 0.353 e. The molecule has 4 aromatic rings. The van der Waals surface area contributed by atoms with Crippen LogP contribution in [0.5, 0.6) is 57.5 Å². The monoisotopic (exact) mass is 1120 g/mol. The summed E-state index contributed by atoms with van der Waals surface area (Å²) in [6, 6.07) is 15.0. The summed E-state index contributed by atoms with van der Waals surface area (Å²) in [6.45, 7) is 4.15. The fourth-order valence-electron chi connectivity index (χ4n) is 11.3. The van der Waals surface area contributed by atoms with Crippen molar-refractivity contribution >= 4 is 23.9 Å². The topological polar surface area (TPSA) is 197 Å². The van der Waals surface area contributed by atoms with E-state index in [4.69, 9.17) is 66.3 Å². The summed E-state index contributed by atoms with van der Waals surface area (Å²) in [4.78, 5) is 53.1. The van der Waals surface area contributed by atoms with Crippen LogP contribution in [0.1, 0.15) is 85.0 Å². The first-order valence-electron chi connectivity index (χ1n) is 26.8. The lowest BCUT2D eigenvalue weighted by molar-refractivity contribution is -0.943. The molecule has 0 bridgehead atoms. The second kappa shape index (κ2) is 28.2. The van der Waals surface area contributed by atoms with E-state index < -0.39 is 36.1 Å². The van der Waals surface area contributed by atoms with E-state index in [1.54, 1.807) is 71.1 Å². The molecule has 6 atom stereocenters. The first kappa shape index (κ1) is 61.9. The van der Waals surface area contributed by atoms with Gasteiger partial charge in [0.25, 0.3) is 0 Å². The largest absolute Gasteiger partial charge is 0.493 e. The van der Waals surface area contributed by atoms with Crippen molar-refractivity contribution in [2.75, 3.05) is 125 Å². The van der Waals surface area contributed by atoms with Crippen molar-refractivity contribution in [2.45, 2.75) is 89.5 Å². The van der Waals surface area contributed by atoms with Gasteiger partial charge in [0.2, 0.25) is 23.7 Å². The number of carbonyl (C=O) groups is 4. The van der Waals surface area contributed by atoms with Crippen LogP contribution < -0.4 is 47.4 Å². The molecule has 0 aromatic heterocycles. The molecule has 0 saturated heterocycles. The summed E-state index contributed by atoms with van der Waals surface area (Å²) in [7, 11) is 19.9. The molecule has 0 amide bonds. The quantitative estimate of drug-likeness (QED) is 0.0223. The highest BCUT2D eigenvalue weighted by Gasteiger charge is 2.46. The molecule has 0 spiro atoms. The fraction of sp³-hybridized carbons (Fsp3) is 0.533. The Bertz CT molecular complexity index is 2780. The minimum Gasteiger partial charge on any atom is -0.493 e. The van der Waals surface area contributed by atoms with Crippen LogP contribution >= 0.6 is 0 Å². The molecule has 20 heteroatoms. The number of hydrogen-bond acceptors (Lipinski definition) is 18. The molecule has 0 aliphatic carbocycles. The van der Waals surface area contributed by atoms with Crippen LogP contribution in [0.15, 0.2) is 48.5 Å². The van der Waals surface area contributed by atoms with Crippen LogP contribution in [0.4, 0.5) is 0 Å². The van der Waals surface area contributed by atoms with Crippen molar-refractivity contribution in [1.82, 2.24) is 0 Å². The van der Waals surface area contributed by atoms with E-state index in [1.807, 2.05) is 62.6 Å². The number of carbonyl (C=O) groups excluding carboxylic acids is 4. The van der Waals surface area contributed by atoms with Gasteiger partial charge in [0.05, 0.1) is 111 Å². The van der Waals surface area contributed by atoms with Crippen molar-refractivity contribution in [3.63, 3.8) is 0 Å². The zero-order valence-corrected chi connectivity index (χ0v) is 49.1. The molecular formula is C60H82N2O18+2. The molecule has 6 unspecified atom stereocenters. The molecule has 4 aromatic carbocycles. The molecule has 20 nitrogen and oxygen atoms in total. The van der Waals surface area contributed by atoms with Gasteiger partial charge >= 0.3 is 23.9 Å². The van der Waals surface area contributed by atoms with Crippen LogP contribution in [0.2, 0.25) is 0 Å². The fourth-order valence-corrected chi connectivity index (χ4v) is 11.3. The average Bonchev–Trinajstić information content (AvgIpc) is 3.65. The lowest BCUT2D eigenvalue weighted by Crippen LogP contribution is -2.57. The molecule has 6 rings (SSSR count). The minimum atomic E-state index is -1.21. The number of likely N-dealkylation sites (N-methyl/N-ethyl adjacent to an activating group) is 2. The maximum atomic E-state index is 13.9. The number of rotatable bonds is 29. The van der Waals surface area contributed by atoms with Crippen LogP contribution in [0.25, 0.3) is 0 Å². The summed E-state index contributed by atoms with van der Waals surface area (Å²) >= 11 is 0. The van der Waals surface area contributed by atoms with Gasteiger partial charge in [-0.05, 0) is 84.8 Å². The third-order valence-corrected chi connectivity index (χ3v) is 15.5. The molecule has 438 valence electrons. The van der Waals surface area contributed by atoms with Gasteiger partial charge in [0.15, 0.2) is 46.0 Å². The van der Waals surface area contributed by atoms with Crippen molar-refractivity contribution in [1.29, 1.82) is 0 Å². The van der Waals surface area contributed by atoms with Gasteiger partial charge < -0.3 is 75.3 Å². The molecule has 0 fully saturated rings. The number of ether oxygens (including phenoxy) is 14. The number of benzene rings is 4. The Hall–Kier alpha value is -7.32. The van der Waals surface area contributed by atoms with Gasteiger partial charge in [-0.3, -0.25) is 9.59 Å². The Labute approximate surface area is 470 Å². The number of unbranched alkanes of at least 4 members (excludes halogenated alkanes) is 3. The average molecular weight is 1120 g/mol. The second-order valence-corrected chi connectivity index (χ2v) is 20.5. The van der Waals surface area contributed by atoms with Gasteiger partial charge in [0, 0.05) is 56.2 Å². The van der Waals surface area contributed by atoms with E-state index in [1.165, 1.54) is 13.8 Å². The number of nitrogens with zero attached hydrogens (tertiary/aromatic N) is 2. The molecule has 0 saturated carbocycles. The number of esters is 4. The second-order valence-electron chi connectivity index (χ2n) is 20.5. The van der Waals surface area contributed by atoms with Crippen molar-refractivity contribution in [3.05, 3.63) is 81.9 Å². The zero-order chi connectivity index (χ0) is 58.3. The summed E-state index contributed by atoms with van der Waals surface area (Å²) in [5.74, 6) is 2.79. The van der Waals surface area contributed by atoms with E-state index in [0.717, 1.165) is 33.4 Å². The Kier molecular flexibility index (Phi) is 21.8. The normalized spacial score (nSPS) is 18.9. The Morgan fingerprint density at radius 3 is 1.25 bits per heavy atom. The third kappa shape index (κ3) is 14.3. The van der Waals surface area contributed by atoms with Gasteiger partial charge in [0.1, 0.15) is 25.2 Å². The highest BCUT2D eigenvalue weighted by atomic mass is 16.6. The van der Waals surface area contributed by atoms with Crippen LogP contribution in [0, 0.1) is 0 Å². The maximum Gasteiger partial charge on any atom is 0.353 e. The SMILES string of the molecule is COc1cc2c(cc1OC)C(Cc1cc(OC)c(OC)c(OC)c1)[N+](C)(CC(OC(C)=O)C(=O)OCCCCCCOC(=O)C(C[N+]1(C)CCc3cc(OC)c(OC)cc3C1Cc1ccc(OC)c(OC)c1OC)OC(C)=O)CC2. The highest BCUT2D eigenvalue weighted by molar-refractivity contribution is 5.79. The summed E-state index contributed by atoms with van der Waals surface area (Å²) in [6.07, 6.45) is 2.12. The molecule has 2 aliphatic rings. The zero-order valence-electron chi connectivity index (χ0n) is 49.1. The number of methoxy groups -OCH3 is 10. The van der Waals surface area contributed by atoms with E-state index >= 15 is 0 Å². The van der Waals surface area contributed by atoms with Crippen LogP contribution in [-0.2, 0) is 63.8 Å². The van der Waals surface area contributed by atoms with Gasteiger partial charge in [-0.25, -0.2) is 9.59 Å². The molecule has 80 heavy (non-hydrogen) atoms. The Balaban J connectivity index is 1.10. The van der Waals surface area contributed by atoms with E-state index in [9.17, 15) is 19.2 Å². The Morgan fingerprint density at radius 1 is 0.463 bits per heavy atom. The maximum absolute atomic E-state index is 13.9. The highest BCUT2D eigenvalue weighted by Crippen LogP contribution is 2.48.